The molecule has 0 aromatic heterocycles. The Hall–Kier alpha value is -3.96. The van der Waals surface area contributed by atoms with E-state index in [1.807, 2.05) is 97.1 Å². The molecular formula is C26H20N2O2S. The van der Waals surface area contributed by atoms with E-state index in [1.54, 1.807) is 6.08 Å². The molecule has 5 heteroatoms. The highest BCUT2D eigenvalue weighted by atomic mass is 32.1. The molecule has 4 aromatic rings. The van der Waals surface area contributed by atoms with Crippen molar-refractivity contribution in [2.45, 2.75) is 0 Å². The van der Waals surface area contributed by atoms with Crippen LogP contribution in [0.4, 0.5) is 5.69 Å². The standard InChI is InChI=1S/C26H20N2O2S/c29-25(18-13-20-9-6-8-19-7-4-5-12-24(19)20)28-26(31)27-21-14-16-23(17-15-21)30-22-10-2-1-3-11-22/h1-18H,(H2,27,28,29,31). The third kappa shape index (κ3) is 5.56. The van der Waals surface area contributed by atoms with Crippen LogP contribution in [-0.2, 0) is 4.79 Å². The van der Waals surface area contributed by atoms with E-state index in [9.17, 15) is 4.79 Å². The van der Waals surface area contributed by atoms with E-state index in [0.29, 0.717) is 5.75 Å². The number of carbonyl (C=O) groups is 1. The maximum Gasteiger partial charge on any atom is 0.250 e. The molecule has 0 aliphatic heterocycles. The molecule has 0 aliphatic carbocycles. The van der Waals surface area contributed by atoms with Gasteiger partial charge < -0.3 is 10.1 Å². The van der Waals surface area contributed by atoms with Crippen LogP contribution in [0.5, 0.6) is 11.5 Å². The van der Waals surface area contributed by atoms with Crippen molar-refractivity contribution in [2.24, 2.45) is 0 Å². The van der Waals surface area contributed by atoms with Crippen molar-refractivity contribution in [2.75, 3.05) is 5.32 Å². The quantitative estimate of drug-likeness (QED) is 0.298. The number of amides is 1. The van der Waals surface area contributed by atoms with Crippen LogP contribution < -0.4 is 15.4 Å². The van der Waals surface area contributed by atoms with Gasteiger partial charge in [0.25, 0.3) is 0 Å². The van der Waals surface area contributed by atoms with Gasteiger partial charge in [-0.3, -0.25) is 10.1 Å². The molecule has 2 N–H and O–H groups in total. The summed E-state index contributed by atoms with van der Waals surface area (Å²) in [5, 5.41) is 8.11. The van der Waals surface area contributed by atoms with Gasteiger partial charge in [-0.25, -0.2) is 0 Å². The van der Waals surface area contributed by atoms with Crippen LogP contribution in [0.25, 0.3) is 16.8 Å². The van der Waals surface area contributed by atoms with Crippen LogP contribution in [-0.4, -0.2) is 11.0 Å². The average Bonchev–Trinajstić information content (AvgIpc) is 2.79. The maximum absolute atomic E-state index is 12.3. The zero-order valence-corrected chi connectivity index (χ0v) is 17.4. The highest BCUT2D eigenvalue weighted by Crippen LogP contribution is 2.22. The summed E-state index contributed by atoms with van der Waals surface area (Å²) in [7, 11) is 0. The van der Waals surface area contributed by atoms with Crippen LogP contribution in [0.15, 0.2) is 103 Å². The highest BCUT2D eigenvalue weighted by molar-refractivity contribution is 7.80. The van der Waals surface area contributed by atoms with Gasteiger partial charge in [-0.15, -0.1) is 0 Å². The fourth-order valence-corrected chi connectivity index (χ4v) is 3.33. The normalized spacial score (nSPS) is 10.7. The number of hydrogen-bond acceptors (Lipinski definition) is 3. The fraction of sp³-hybridized carbons (Fsp3) is 0. The SMILES string of the molecule is O=C(C=Cc1cccc2ccccc12)NC(=S)Nc1ccc(Oc2ccccc2)cc1. The number of carbonyl (C=O) groups excluding carboxylic acids is 1. The van der Waals surface area contributed by atoms with Crippen molar-refractivity contribution in [1.82, 2.24) is 5.32 Å². The van der Waals surface area contributed by atoms with E-state index in [0.717, 1.165) is 27.8 Å². The van der Waals surface area contributed by atoms with Crippen LogP contribution in [0.1, 0.15) is 5.56 Å². The third-order valence-electron chi connectivity index (χ3n) is 4.57. The van der Waals surface area contributed by atoms with Gasteiger partial charge in [0.05, 0.1) is 0 Å². The van der Waals surface area contributed by atoms with Crippen LogP contribution in [0.2, 0.25) is 0 Å². The summed E-state index contributed by atoms with van der Waals surface area (Å²) in [5.74, 6) is 1.18. The molecule has 0 spiro atoms. The van der Waals surface area contributed by atoms with Crippen molar-refractivity contribution < 1.29 is 9.53 Å². The van der Waals surface area contributed by atoms with E-state index in [1.165, 1.54) is 6.08 Å². The molecule has 0 saturated heterocycles. The Morgan fingerprint density at radius 1 is 0.774 bits per heavy atom. The number of anilines is 1. The Morgan fingerprint density at radius 2 is 1.45 bits per heavy atom. The Kier molecular flexibility index (Phi) is 6.35. The minimum atomic E-state index is -0.297. The van der Waals surface area contributed by atoms with Gasteiger partial charge >= 0.3 is 0 Å². The minimum absolute atomic E-state index is 0.226. The lowest BCUT2D eigenvalue weighted by Crippen LogP contribution is -2.32. The molecule has 0 aliphatic rings. The van der Waals surface area contributed by atoms with Crippen LogP contribution in [0.3, 0.4) is 0 Å². The zero-order chi connectivity index (χ0) is 21.5. The lowest BCUT2D eigenvalue weighted by Gasteiger charge is -2.10. The molecule has 4 aromatic carbocycles. The topological polar surface area (TPSA) is 50.4 Å². The number of rotatable bonds is 5. The number of hydrogen-bond donors (Lipinski definition) is 2. The highest BCUT2D eigenvalue weighted by Gasteiger charge is 2.04. The number of thiocarbonyl (C=S) groups is 1. The van der Waals surface area contributed by atoms with Crippen molar-refractivity contribution in [3.05, 3.63) is 109 Å². The molecular weight excluding hydrogens is 404 g/mol. The molecule has 0 atom stereocenters. The van der Waals surface area contributed by atoms with E-state index in [2.05, 4.69) is 10.6 Å². The molecule has 0 saturated carbocycles. The number of ether oxygens (including phenoxy) is 1. The molecule has 0 radical (unpaired) electrons. The lowest BCUT2D eigenvalue weighted by molar-refractivity contribution is -0.115. The molecule has 4 nitrogen and oxygen atoms in total. The molecule has 31 heavy (non-hydrogen) atoms. The summed E-state index contributed by atoms with van der Waals surface area (Å²) in [4.78, 5) is 12.3. The molecule has 0 bridgehead atoms. The molecule has 4 rings (SSSR count). The predicted octanol–water partition coefficient (Wildman–Crippen LogP) is 6.16. The average molecular weight is 425 g/mol. The summed E-state index contributed by atoms with van der Waals surface area (Å²) in [6.45, 7) is 0. The molecule has 152 valence electrons. The second kappa shape index (κ2) is 9.69. The number of benzene rings is 4. The third-order valence-corrected chi connectivity index (χ3v) is 4.77. The van der Waals surface area contributed by atoms with Gasteiger partial charge in [-0.1, -0.05) is 60.7 Å². The molecule has 0 heterocycles. The number of fused-ring (bicyclic) bond motifs is 1. The summed E-state index contributed by atoms with van der Waals surface area (Å²) in [5.41, 5.74) is 1.73. The Bertz CT molecular complexity index is 1230. The van der Waals surface area contributed by atoms with E-state index < -0.39 is 0 Å². The first-order valence-corrected chi connectivity index (χ1v) is 10.2. The van der Waals surface area contributed by atoms with Gasteiger partial charge in [0.15, 0.2) is 5.11 Å². The van der Waals surface area contributed by atoms with Crippen molar-refractivity contribution in [3.8, 4) is 11.5 Å². The fourth-order valence-electron chi connectivity index (χ4n) is 3.11. The second-order valence-electron chi connectivity index (χ2n) is 6.78. The lowest BCUT2D eigenvalue weighted by atomic mass is 10.0. The zero-order valence-electron chi connectivity index (χ0n) is 16.6. The Morgan fingerprint density at radius 3 is 2.26 bits per heavy atom. The Labute approximate surface area is 186 Å². The van der Waals surface area contributed by atoms with Gasteiger partial charge in [0.2, 0.25) is 5.91 Å². The van der Waals surface area contributed by atoms with Crippen molar-refractivity contribution in [3.63, 3.8) is 0 Å². The monoisotopic (exact) mass is 424 g/mol. The van der Waals surface area contributed by atoms with Gasteiger partial charge in [0.1, 0.15) is 11.5 Å². The molecule has 0 fully saturated rings. The van der Waals surface area contributed by atoms with Crippen molar-refractivity contribution in [1.29, 1.82) is 0 Å². The van der Waals surface area contributed by atoms with Gasteiger partial charge in [0, 0.05) is 11.8 Å². The second-order valence-corrected chi connectivity index (χ2v) is 7.19. The van der Waals surface area contributed by atoms with E-state index in [4.69, 9.17) is 17.0 Å². The van der Waals surface area contributed by atoms with Gasteiger partial charge in [-0.2, -0.15) is 0 Å². The summed E-state index contributed by atoms with van der Waals surface area (Å²) in [6.07, 6.45) is 3.27. The molecule has 1 amide bonds. The summed E-state index contributed by atoms with van der Waals surface area (Å²) >= 11 is 5.25. The first-order valence-electron chi connectivity index (χ1n) is 9.78. The smallest absolute Gasteiger partial charge is 0.250 e. The largest absolute Gasteiger partial charge is 0.457 e. The van der Waals surface area contributed by atoms with Crippen molar-refractivity contribution >= 4 is 45.8 Å². The van der Waals surface area contributed by atoms with Crippen LogP contribution >= 0.6 is 12.2 Å². The first-order chi connectivity index (χ1) is 15.2. The van der Waals surface area contributed by atoms with Gasteiger partial charge in [-0.05, 0) is 71.0 Å². The molecule has 0 unspecified atom stereocenters. The summed E-state index contributed by atoms with van der Waals surface area (Å²) < 4.78 is 5.77. The van der Waals surface area contributed by atoms with Crippen LogP contribution in [0, 0.1) is 0 Å². The summed E-state index contributed by atoms with van der Waals surface area (Å²) in [6, 6.07) is 30.9. The first kappa shape index (κ1) is 20.3. The minimum Gasteiger partial charge on any atom is -0.457 e. The number of nitrogens with one attached hydrogen (secondary N) is 2. The number of para-hydroxylation sites is 1. The predicted molar refractivity (Wildman–Crippen MR) is 130 cm³/mol. The maximum atomic E-state index is 12.3. The van der Waals surface area contributed by atoms with E-state index in [-0.39, 0.29) is 11.0 Å². The Balaban J connectivity index is 1.33. The van der Waals surface area contributed by atoms with E-state index >= 15 is 0 Å².